The Bertz CT molecular complexity index is 990. The second kappa shape index (κ2) is 7.02. The number of nitrogens with zero attached hydrogens (tertiary/aromatic N) is 1. The van der Waals surface area contributed by atoms with E-state index in [9.17, 15) is 13.2 Å². The molecule has 3 rings (SSSR count). The van der Waals surface area contributed by atoms with Crippen molar-refractivity contribution in [3.05, 3.63) is 44.0 Å². The molecule has 0 bridgehead atoms. The SMILES string of the molecule is NS(=O)(=O)c1ccc(CNC(=O)c2csc(-c3cc(Br)cs3)n2)s1. The van der Waals surface area contributed by atoms with E-state index in [1.807, 2.05) is 11.4 Å². The van der Waals surface area contributed by atoms with E-state index in [1.54, 1.807) is 22.8 Å². The lowest BCUT2D eigenvalue weighted by atomic mass is 10.4. The van der Waals surface area contributed by atoms with Gasteiger partial charge in [0.1, 0.15) is 14.9 Å². The molecule has 0 aromatic carbocycles. The number of amides is 1. The quantitative estimate of drug-likeness (QED) is 0.605. The van der Waals surface area contributed by atoms with Crippen LogP contribution in [-0.4, -0.2) is 19.3 Å². The van der Waals surface area contributed by atoms with E-state index in [2.05, 4.69) is 26.2 Å². The lowest BCUT2D eigenvalue weighted by molar-refractivity contribution is 0.0947. The van der Waals surface area contributed by atoms with Crippen LogP contribution >= 0.6 is 49.9 Å². The number of sulfonamides is 1. The third-order valence-electron chi connectivity index (χ3n) is 2.86. The monoisotopic (exact) mass is 463 g/mol. The lowest BCUT2D eigenvalue weighted by Crippen LogP contribution is -2.22. The predicted molar refractivity (Wildman–Crippen MR) is 100.0 cm³/mol. The highest BCUT2D eigenvalue weighted by atomic mass is 79.9. The number of carbonyl (C=O) groups is 1. The van der Waals surface area contributed by atoms with Crippen molar-refractivity contribution in [3.8, 4) is 9.88 Å². The minimum atomic E-state index is -3.71. The number of rotatable bonds is 5. The number of nitrogens with two attached hydrogens (primary N) is 1. The van der Waals surface area contributed by atoms with Gasteiger partial charge in [0.25, 0.3) is 5.91 Å². The molecular formula is C13H10BrN3O3S4. The fraction of sp³-hybridized carbons (Fsp3) is 0.0769. The summed E-state index contributed by atoms with van der Waals surface area (Å²) in [4.78, 5) is 18.2. The van der Waals surface area contributed by atoms with Crippen LogP contribution < -0.4 is 10.5 Å². The highest BCUT2D eigenvalue weighted by Crippen LogP contribution is 2.32. The van der Waals surface area contributed by atoms with E-state index in [0.29, 0.717) is 10.6 Å². The van der Waals surface area contributed by atoms with Crippen LogP contribution in [0, 0.1) is 0 Å². The average molecular weight is 464 g/mol. The van der Waals surface area contributed by atoms with Crippen LogP contribution in [0.3, 0.4) is 0 Å². The van der Waals surface area contributed by atoms with E-state index in [0.717, 1.165) is 25.7 Å². The molecule has 0 aliphatic carbocycles. The van der Waals surface area contributed by atoms with Gasteiger partial charge in [0.2, 0.25) is 10.0 Å². The van der Waals surface area contributed by atoms with E-state index >= 15 is 0 Å². The second-order valence-corrected chi connectivity index (χ2v) is 10.3. The Labute approximate surface area is 158 Å². The fourth-order valence-corrected chi connectivity index (χ4v) is 5.81. The predicted octanol–water partition coefficient (Wildman–Crippen LogP) is 3.27. The number of thiazole rings is 1. The van der Waals surface area contributed by atoms with Crippen molar-refractivity contribution in [2.45, 2.75) is 10.8 Å². The van der Waals surface area contributed by atoms with Crippen molar-refractivity contribution in [3.63, 3.8) is 0 Å². The molecule has 0 unspecified atom stereocenters. The van der Waals surface area contributed by atoms with Gasteiger partial charge in [-0.1, -0.05) is 0 Å². The van der Waals surface area contributed by atoms with Crippen molar-refractivity contribution >= 4 is 65.9 Å². The second-order valence-electron chi connectivity index (χ2n) is 4.62. The van der Waals surface area contributed by atoms with Gasteiger partial charge < -0.3 is 5.32 Å². The molecule has 0 atom stereocenters. The maximum Gasteiger partial charge on any atom is 0.271 e. The summed E-state index contributed by atoms with van der Waals surface area (Å²) in [6, 6.07) is 5.00. The van der Waals surface area contributed by atoms with Crippen molar-refractivity contribution in [1.82, 2.24) is 10.3 Å². The molecule has 0 saturated carbocycles. The Morgan fingerprint density at radius 3 is 2.71 bits per heavy atom. The van der Waals surface area contributed by atoms with Crippen molar-refractivity contribution in [2.75, 3.05) is 0 Å². The van der Waals surface area contributed by atoms with E-state index in [1.165, 1.54) is 17.4 Å². The van der Waals surface area contributed by atoms with Crippen molar-refractivity contribution < 1.29 is 13.2 Å². The standard InChI is InChI=1S/C13H10BrN3O3S4/c14-7-3-10(21-5-7)13-17-9(6-22-13)12(18)16-4-8-1-2-11(23-8)24(15,19)20/h1-3,5-6H,4H2,(H,16,18)(H2,15,19,20). The van der Waals surface area contributed by atoms with Crippen LogP contribution in [0.25, 0.3) is 9.88 Å². The first kappa shape index (κ1) is 17.7. The topological polar surface area (TPSA) is 102 Å². The average Bonchev–Trinajstić information content (AvgIpc) is 3.23. The first-order valence-corrected chi connectivity index (χ1v) is 11.3. The Morgan fingerprint density at radius 2 is 2.08 bits per heavy atom. The maximum absolute atomic E-state index is 12.2. The molecule has 11 heteroatoms. The number of carbonyl (C=O) groups excluding carboxylic acids is 1. The number of hydrogen-bond donors (Lipinski definition) is 2. The number of hydrogen-bond acceptors (Lipinski definition) is 7. The molecule has 0 radical (unpaired) electrons. The number of nitrogens with one attached hydrogen (secondary N) is 1. The van der Waals surface area contributed by atoms with Crippen LogP contribution in [-0.2, 0) is 16.6 Å². The summed E-state index contributed by atoms with van der Waals surface area (Å²) < 4.78 is 23.5. The summed E-state index contributed by atoms with van der Waals surface area (Å²) in [7, 11) is -3.71. The summed E-state index contributed by atoms with van der Waals surface area (Å²) >= 11 is 7.37. The summed E-state index contributed by atoms with van der Waals surface area (Å²) in [5.74, 6) is -0.307. The Morgan fingerprint density at radius 1 is 1.29 bits per heavy atom. The van der Waals surface area contributed by atoms with Crippen LogP contribution in [0.15, 0.2) is 37.6 Å². The van der Waals surface area contributed by atoms with E-state index in [-0.39, 0.29) is 16.7 Å². The minimum Gasteiger partial charge on any atom is -0.346 e. The normalized spacial score (nSPS) is 11.6. The molecule has 1 amide bonds. The molecule has 126 valence electrons. The van der Waals surface area contributed by atoms with Crippen LogP contribution in [0.1, 0.15) is 15.4 Å². The first-order valence-electron chi connectivity index (χ1n) is 6.42. The molecule has 0 fully saturated rings. The molecule has 3 N–H and O–H groups in total. The number of primary sulfonamides is 1. The van der Waals surface area contributed by atoms with E-state index < -0.39 is 10.0 Å². The van der Waals surface area contributed by atoms with E-state index in [4.69, 9.17) is 5.14 Å². The summed E-state index contributed by atoms with van der Waals surface area (Å²) in [5.41, 5.74) is 0.336. The van der Waals surface area contributed by atoms with Gasteiger partial charge in [0.15, 0.2) is 0 Å². The molecule has 3 heterocycles. The van der Waals surface area contributed by atoms with Crippen LogP contribution in [0.2, 0.25) is 0 Å². The minimum absolute atomic E-state index is 0.0750. The van der Waals surface area contributed by atoms with Gasteiger partial charge in [-0.05, 0) is 34.1 Å². The highest BCUT2D eigenvalue weighted by Gasteiger charge is 2.15. The van der Waals surface area contributed by atoms with Gasteiger partial charge in [-0.15, -0.1) is 34.0 Å². The number of aromatic nitrogens is 1. The summed E-state index contributed by atoms with van der Waals surface area (Å²) in [6.45, 7) is 0.219. The molecule has 3 aromatic heterocycles. The van der Waals surface area contributed by atoms with Gasteiger partial charge in [0.05, 0.1) is 11.4 Å². The molecule has 0 aliphatic rings. The Kier molecular flexibility index (Phi) is 5.18. The zero-order valence-electron chi connectivity index (χ0n) is 11.9. The smallest absolute Gasteiger partial charge is 0.271 e. The maximum atomic E-state index is 12.2. The molecular weight excluding hydrogens is 454 g/mol. The summed E-state index contributed by atoms with van der Waals surface area (Å²) in [5, 5.41) is 12.2. The van der Waals surface area contributed by atoms with Gasteiger partial charge >= 0.3 is 0 Å². The molecule has 0 aliphatic heterocycles. The van der Waals surface area contributed by atoms with Gasteiger partial charge in [-0.2, -0.15) is 0 Å². The first-order chi connectivity index (χ1) is 11.3. The largest absolute Gasteiger partial charge is 0.346 e. The van der Waals surface area contributed by atoms with Gasteiger partial charge in [-0.25, -0.2) is 18.5 Å². The molecule has 3 aromatic rings. The third kappa shape index (κ3) is 4.10. The van der Waals surface area contributed by atoms with Gasteiger partial charge in [0, 0.05) is 20.1 Å². The van der Waals surface area contributed by atoms with Crippen LogP contribution in [0.4, 0.5) is 0 Å². The third-order valence-corrected chi connectivity index (χ3v) is 8.08. The lowest BCUT2D eigenvalue weighted by Gasteiger charge is -2.00. The number of thiophene rings is 2. The molecule has 24 heavy (non-hydrogen) atoms. The Hall–Kier alpha value is -1.11. The zero-order valence-corrected chi connectivity index (χ0v) is 16.7. The molecule has 6 nitrogen and oxygen atoms in total. The highest BCUT2D eigenvalue weighted by molar-refractivity contribution is 9.10. The molecule has 0 saturated heterocycles. The van der Waals surface area contributed by atoms with Crippen molar-refractivity contribution in [1.29, 1.82) is 0 Å². The fourth-order valence-electron chi connectivity index (χ4n) is 1.78. The number of halogens is 1. The summed E-state index contributed by atoms with van der Waals surface area (Å²) in [6.07, 6.45) is 0. The van der Waals surface area contributed by atoms with Gasteiger partial charge in [-0.3, -0.25) is 4.79 Å². The van der Waals surface area contributed by atoms with Crippen LogP contribution in [0.5, 0.6) is 0 Å². The van der Waals surface area contributed by atoms with Crippen molar-refractivity contribution in [2.24, 2.45) is 5.14 Å². The molecule has 0 spiro atoms. The zero-order chi connectivity index (χ0) is 17.3. The Balaban J connectivity index is 1.65.